The molecule has 3 rings (SSSR count). The second kappa shape index (κ2) is 3.77. The zero-order chi connectivity index (χ0) is 12.7. The first-order chi connectivity index (χ1) is 8.63. The van der Waals surface area contributed by atoms with Gasteiger partial charge in [-0.3, -0.25) is 0 Å². The Morgan fingerprint density at radius 2 is 2.06 bits per heavy atom. The Hall–Kier alpha value is -2.49. The van der Waals surface area contributed by atoms with Gasteiger partial charge in [-0.05, 0) is 37.3 Å². The van der Waals surface area contributed by atoms with Gasteiger partial charge < -0.3 is 13.9 Å². The van der Waals surface area contributed by atoms with Crippen molar-refractivity contribution in [1.82, 2.24) is 0 Å². The van der Waals surface area contributed by atoms with Crippen molar-refractivity contribution in [2.24, 2.45) is 0 Å². The molecule has 3 aromatic rings. The minimum Gasteiger partial charge on any atom is -0.478 e. The van der Waals surface area contributed by atoms with Crippen molar-refractivity contribution < 1.29 is 18.7 Å². The number of aryl methyl sites for hydroxylation is 1. The Morgan fingerprint density at radius 3 is 2.78 bits per heavy atom. The van der Waals surface area contributed by atoms with E-state index in [0.717, 1.165) is 22.3 Å². The monoisotopic (exact) mass is 242 g/mol. The average Bonchev–Trinajstić information content (AvgIpc) is 2.91. The topological polar surface area (TPSA) is 63.6 Å². The Balaban J connectivity index is 2.09. The van der Waals surface area contributed by atoms with Gasteiger partial charge in [0.25, 0.3) is 0 Å². The summed E-state index contributed by atoms with van der Waals surface area (Å²) in [7, 11) is 0. The van der Waals surface area contributed by atoms with Gasteiger partial charge in [0.05, 0.1) is 5.56 Å². The number of rotatable bonds is 2. The van der Waals surface area contributed by atoms with E-state index in [1.807, 2.05) is 31.2 Å². The van der Waals surface area contributed by atoms with Gasteiger partial charge in [0.2, 0.25) is 0 Å². The van der Waals surface area contributed by atoms with Crippen molar-refractivity contribution in [3.8, 4) is 11.3 Å². The first-order valence-corrected chi connectivity index (χ1v) is 5.46. The Labute approximate surface area is 102 Å². The van der Waals surface area contributed by atoms with Crippen molar-refractivity contribution in [2.45, 2.75) is 6.92 Å². The fourth-order valence-corrected chi connectivity index (χ4v) is 1.93. The fourth-order valence-electron chi connectivity index (χ4n) is 1.93. The van der Waals surface area contributed by atoms with Crippen LogP contribution in [-0.4, -0.2) is 11.1 Å². The van der Waals surface area contributed by atoms with Crippen LogP contribution in [0.1, 0.15) is 16.1 Å². The molecule has 0 unspecified atom stereocenters. The van der Waals surface area contributed by atoms with Gasteiger partial charge in [-0.2, -0.15) is 0 Å². The van der Waals surface area contributed by atoms with Crippen LogP contribution >= 0.6 is 0 Å². The molecule has 0 amide bonds. The third-order valence-electron chi connectivity index (χ3n) is 2.77. The maximum absolute atomic E-state index is 10.8. The van der Waals surface area contributed by atoms with E-state index in [1.165, 1.54) is 12.3 Å². The molecule has 18 heavy (non-hydrogen) atoms. The second-order valence-electron chi connectivity index (χ2n) is 4.11. The predicted octanol–water partition coefficient (Wildman–Crippen LogP) is 3.70. The summed E-state index contributed by atoms with van der Waals surface area (Å²) in [4.78, 5) is 10.8. The molecule has 0 fully saturated rings. The number of carbonyl (C=O) groups is 1. The van der Waals surface area contributed by atoms with Crippen LogP contribution in [0.2, 0.25) is 0 Å². The minimum absolute atomic E-state index is 0.147. The number of hydrogen-bond donors (Lipinski definition) is 1. The van der Waals surface area contributed by atoms with E-state index in [9.17, 15) is 4.79 Å². The molecule has 2 heterocycles. The first-order valence-electron chi connectivity index (χ1n) is 5.46. The van der Waals surface area contributed by atoms with Crippen LogP contribution in [0.3, 0.4) is 0 Å². The van der Waals surface area contributed by atoms with E-state index in [2.05, 4.69) is 0 Å². The SMILES string of the molecule is Cc1cc2cc(-c3cc(C(=O)O)co3)ccc2o1. The van der Waals surface area contributed by atoms with Crippen LogP contribution in [-0.2, 0) is 0 Å². The molecule has 1 N–H and O–H groups in total. The highest BCUT2D eigenvalue weighted by Crippen LogP contribution is 2.27. The van der Waals surface area contributed by atoms with E-state index < -0.39 is 5.97 Å². The summed E-state index contributed by atoms with van der Waals surface area (Å²) in [5.41, 5.74) is 1.78. The minimum atomic E-state index is -0.995. The number of aromatic carboxylic acids is 1. The quantitative estimate of drug-likeness (QED) is 0.744. The first kappa shape index (κ1) is 10.7. The van der Waals surface area contributed by atoms with Gasteiger partial charge in [0.1, 0.15) is 23.4 Å². The van der Waals surface area contributed by atoms with Gasteiger partial charge in [0.15, 0.2) is 0 Å². The zero-order valence-electron chi connectivity index (χ0n) is 9.64. The van der Waals surface area contributed by atoms with Crippen LogP contribution in [0, 0.1) is 6.92 Å². The maximum Gasteiger partial charge on any atom is 0.338 e. The molecule has 4 nitrogen and oxygen atoms in total. The molecule has 90 valence electrons. The van der Waals surface area contributed by atoms with Crippen LogP contribution in [0.25, 0.3) is 22.3 Å². The summed E-state index contributed by atoms with van der Waals surface area (Å²) in [5, 5.41) is 9.82. The van der Waals surface area contributed by atoms with Crippen molar-refractivity contribution in [3.05, 3.63) is 47.9 Å². The Morgan fingerprint density at radius 1 is 1.22 bits per heavy atom. The van der Waals surface area contributed by atoms with E-state index >= 15 is 0 Å². The van der Waals surface area contributed by atoms with E-state index in [0.29, 0.717) is 5.76 Å². The number of furan rings is 2. The lowest BCUT2D eigenvalue weighted by atomic mass is 10.1. The molecule has 0 aliphatic rings. The van der Waals surface area contributed by atoms with Gasteiger partial charge in [-0.15, -0.1) is 0 Å². The summed E-state index contributed by atoms with van der Waals surface area (Å²) in [6.45, 7) is 1.88. The van der Waals surface area contributed by atoms with Crippen LogP contribution in [0.4, 0.5) is 0 Å². The van der Waals surface area contributed by atoms with Crippen LogP contribution < -0.4 is 0 Å². The normalized spacial score (nSPS) is 10.9. The van der Waals surface area contributed by atoms with Crippen LogP contribution in [0.15, 0.2) is 45.4 Å². The van der Waals surface area contributed by atoms with Crippen molar-refractivity contribution in [2.75, 3.05) is 0 Å². The number of carboxylic acid groups (broad SMARTS) is 1. The lowest BCUT2D eigenvalue weighted by Gasteiger charge is -1.95. The summed E-state index contributed by atoms with van der Waals surface area (Å²) in [6.07, 6.45) is 1.24. The highest BCUT2D eigenvalue weighted by molar-refractivity contribution is 5.89. The van der Waals surface area contributed by atoms with E-state index in [1.54, 1.807) is 0 Å². The standard InChI is InChI=1S/C14H10O4/c1-8-4-10-5-9(2-3-12(10)18-8)13-6-11(7-17-13)14(15)16/h2-7H,1H3,(H,15,16). The fraction of sp³-hybridized carbons (Fsp3) is 0.0714. The molecular weight excluding hydrogens is 232 g/mol. The second-order valence-corrected chi connectivity index (χ2v) is 4.11. The predicted molar refractivity (Wildman–Crippen MR) is 65.6 cm³/mol. The molecule has 0 spiro atoms. The molecule has 0 saturated heterocycles. The molecular formula is C14H10O4. The molecule has 0 bridgehead atoms. The summed E-state index contributed by atoms with van der Waals surface area (Å²) in [5.74, 6) is 0.381. The molecule has 0 aliphatic heterocycles. The molecule has 4 heteroatoms. The molecule has 0 saturated carbocycles. The van der Waals surface area contributed by atoms with Gasteiger partial charge in [-0.25, -0.2) is 4.79 Å². The van der Waals surface area contributed by atoms with Crippen molar-refractivity contribution in [3.63, 3.8) is 0 Å². The number of hydrogen-bond acceptors (Lipinski definition) is 3. The highest BCUT2D eigenvalue weighted by atomic mass is 16.4. The summed E-state index contributed by atoms with van der Waals surface area (Å²) in [6, 6.07) is 9.04. The lowest BCUT2D eigenvalue weighted by Crippen LogP contribution is -1.91. The van der Waals surface area contributed by atoms with Gasteiger partial charge in [0, 0.05) is 10.9 Å². The van der Waals surface area contributed by atoms with E-state index in [4.69, 9.17) is 13.9 Å². The largest absolute Gasteiger partial charge is 0.478 e. The Kier molecular flexibility index (Phi) is 2.23. The third-order valence-corrected chi connectivity index (χ3v) is 2.77. The third kappa shape index (κ3) is 1.68. The molecule has 0 atom stereocenters. The summed E-state index contributed by atoms with van der Waals surface area (Å²) >= 11 is 0. The molecule has 0 aliphatic carbocycles. The van der Waals surface area contributed by atoms with E-state index in [-0.39, 0.29) is 5.56 Å². The lowest BCUT2D eigenvalue weighted by molar-refractivity contribution is 0.0696. The van der Waals surface area contributed by atoms with Gasteiger partial charge >= 0.3 is 5.97 Å². The molecule has 0 radical (unpaired) electrons. The highest BCUT2D eigenvalue weighted by Gasteiger charge is 2.11. The number of benzene rings is 1. The maximum atomic E-state index is 10.8. The Bertz CT molecular complexity index is 733. The van der Waals surface area contributed by atoms with Crippen molar-refractivity contribution >= 4 is 16.9 Å². The average molecular weight is 242 g/mol. The smallest absolute Gasteiger partial charge is 0.338 e. The number of carboxylic acids is 1. The zero-order valence-corrected chi connectivity index (χ0v) is 9.64. The summed E-state index contributed by atoms with van der Waals surface area (Å²) < 4.78 is 10.7. The van der Waals surface area contributed by atoms with Gasteiger partial charge in [-0.1, -0.05) is 0 Å². The number of fused-ring (bicyclic) bond motifs is 1. The van der Waals surface area contributed by atoms with Crippen molar-refractivity contribution in [1.29, 1.82) is 0 Å². The molecule has 1 aromatic carbocycles. The molecule has 2 aromatic heterocycles. The van der Waals surface area contributed by atoms with Crippen LogP contribution in [0.5, 0.6) is 0 Å².